The summed E-state index contributed by atoms with van der Waals surface area (Å²) < 4.78 is 29.9. The van der Waals surface area contributed by atoms with Crippen LogP contribution in [0.2, 0.25) is 0 Å². The van der Waals surface area contributed by atoms with E-state index in [2.05, 4.69) is 6.92 Å². The number of esters is 1. The van der Waals surface area contributed by atoms with Gasteiger partial charge in [-0.15, -0.1) is 11.6 Å². The van der Waals surface area contributed by atoms with E-state index >= 15 is 0 Å². The lowest BCUT2D eigenvalue weighted by atomic mass is 9.82. The van der Waals surface area contributed by atoms with Crippen LogP contribution in [-0.2, 0) is 42.9 Å². The van der Waals surface area contributed by atoms with E-state index in [0.29, 0.717) is 44.1 Å². The van der Waals surface area contributed by atoms with E-state index in [1.807, 2.05) is 32.9 Å². The Morgan fingerprint density at radius 2 is 1.62 bits per heavy atom. The molecule has 2 saturated heterocycles. The zero-order valence-electron chi connectivity index (χ0n) is 35.0. The van der Waals surface area contributed by atoms with Gasteiger partial charge < -0.3 is 38.8 Å². The number of ketones is 2. The van der Waals surface area contributed by atoms with Crippen molar-refractivity contribution >= 4 is 35.0 Å². The summed E-state index contributed by atoms with van der Waals surface area (Å²) in [6.45, 7) is 11.3. The molecule has 1 saturated carbocycles. The van der Waals surface area contributed by atoms with Crippen LogP contribution in [0.3, 0.4) is 0 Å². The topological polar surface area (TPSA) is 158 Å². The number of ether oxygens (including phenoxy) is 5. The van der Waals surface area contributed by atoms with Crippen molar-refractivity contribution in [1.29, 1.82) is 0 Å². The molecule has 0 aromatic heterocycles. The van der Waals surface area contributed by atoms with Gasteiger partial charge in [0.1, 0.15) is 24.0 Å². The first kappa shape index (κ1) is 46.5. The zero-order valence-corrected chi connectivity index (χ0v) is 35.8. The van der Waals surface area contributed by atoms with E-state index in [1.54, 1.807) is 21.0 Å². The molecule has 13 heteroatoms. The van der Waals surface area contributed by atoms with Crippen molar-refractivity contribution in [2.75, 3.05) is 27.9 Å². The van der Waals surface area contributed by atoms with E-state index in [1.165, 1.54) is 19.1 Å². The van der Waals surface area contributed by atoms with Crippen LogP contribution >= 0.6 is 11.6 Å². The van der Waals surface area contributed by atoms with Crippen molar-refractivity contribution in [2.24, 2.45) is 29.6 Å². The summed E-state index contributed by atoms with van der Waals surface area (Å²) in [5.41, 5.74) is 1.71. The molecular formula is C43H68ClNO11. The van der Waals surface area contributed by atoms with Gasteiger partial charge in [0.2, 0.25) is 5.79 Å². The van der Waals surface area contributed by atoms with E-state index in [0.717, 1.165) is 18.4 Å². The van der Waals surface area contributed by atoms with Gasteiger partial charge in [-0.3, -0.25) is 14.4 Å². The quantitative estimate of drug-likeness (QED) is 0.146. The van der Waals surface area contributed by atoms with Crippen LogP contribution in [0.1, 0.15) is 112 Å². The number of carbonyl (C=O) groups is 4. The predicted octanol–water partition coefficient (Wildman–Crippen LogP) is 5.72. The van der Waals surface area contributed by atoms with Crippen molar-refractivity contribution in [1.82, 2.24) is 4.90 Å². The third kappa shape index (κ3) is 10.9. The van der Waals surface area contributed by atoms with E-state index in [4.69, 9.17) is 35.3 Å². The number of rotatable bonds is 6. The second-order valence-electron chi connectivity index (χ2n) is 17.1. The fourth-order valence-corrected chi connectivity index (χ4v) is 9.69. The number of Topliss-reactive ketones (excluding diaryl/α,β-unsaturated/α-hetero) is 2. The Bertz CT molecular complexity index is 1440. The third-order valence-electron chi connectivity index (χ3n) is 12.8. The molecule has 1 aliphatic carbocycles. The molecule has 2 bridgehead atoms. The number of carbonyl (C=O) groups excluding carboxylic acids is 4. The van der Waals surface area contributed by atoms with Gasteiger partial charge in [0.05, 0.1) is 29.8 Å². The van der Waals surface area contributed by atoms with Gasteiger partial charge in [-0.1, -0.05) is 45.4 Å². The standard InChI is InChI=1S/C43H68ClNO11/c1-10-30-18-24(2)17-25(3)19-36(53-8)39-37(54-9)21-27(5)43(51,56-39)40(48)41(49)45-16-12-11-13-32(45)42(50)55-38(28(6)33(46)23-34(30)47)26(4)20-29-14-15-31(44)35(22-29)52-7/h18,20,25,27-33,35-39,46,51H,10-17,19,21-23H2,1-9H3/b24-18+,26-20+/t25-,27?,28+,29-,30+,31?,32-,33-,35?,36-,37-,38+,39+,43?/m0/s1. The minimum absolute atomic E-state index is 0.0425. The summed E-state index contributed by atoms with van der Waals surface area (Å²) in [5.74, 6) is -7.31. The van der Waals surface area contributed by atoms with Crippen LogP contribution in [0.4, 0.5) is 0 Å². The number of alkyl halides is 1. The minimum Gasteiger partial charge on any atom is -0.456 e. The highest BCUT2D eigenvalue weighted by molar-refractivity contribution is 6.39. The molecule has 14 atom stereocenters. The van der Waals surface area contributed by atoms with Crippen molar-refractivity contribution in [2.45, 2.75) is 166 Å². The Hall–Kier alpha value is -2.19. The first-order valence-corrected chi connectivity index (χ1v) is 21.2. The smallest absolute Gasteiger partial charge is 0.329 e. The number of aliphatic hydroxyl groups excluding tert-OH is 1. The molecule has 3 aliphatic heterocycles. The number of fused-ring (bicyclic) bond motifs is 3. The van der Waals surface area contributed by atoms with Crippen LogP contribution in [0, 0.1) is 29.6 Å². The van der Waals surface area contributed by atoms with Crippen LogP contribution in [-0.4, -0.2) is 120 Å². The second-order valence-corrected chi connectivity index (χ2v) is 17.7. The Kier molecular flexibility index (Phi) is 17.2. The predicted molar refractivity (Wildman–Crippen MR) is 212 cm³/mol. The molecule has 4 unspecified atom stereocenters. The summed E-state index contributed by atoms with van der Waals surface area (Å²) in [6.07, 6.45) is 5.16. The number of amides is 1. The molecule has 3 fully saturated rings. The number of aliphatic hydroxyl groups is 2. The van der Waals surface area contributed by atoms with Gasteiger partial charge >= 0.3 is 5.97 Å². The maximum absolute atomic E-state index is 14.3. The molecular weight excluding hydrogens is 742 g/mol. The largest absolute Gasteiger partial charge is 0.456 e. The first-order valence-electron chi connectivity index (χ1n) is 20.7. The highest BCUT2D eigenvalue weighted by atomic mass is 35.5. The van der Waals surface area contributed by atoms with Crippen molar-refractivity contribution in [3.8, 4) is 0 Å². The van der Waals surface area contributed by atoms with Gasteiger partial charge in [0.25, 0.3) is 11.7 Å². The molecule has 4 aliphatic rings. The lowest BCUT2D eigenvalue weighted by Gasteiger charge is -2.47. The average Bonchev–Trinajstić information content (AvgIpc) is 3.18. The second kappa shape index (κ2) is 20.7. The van der Waals surface area contributed by atoms with E-state index in [-0.39, 0.29) is 54.9 Å². The van der Waals surface area contributed by atoms with Gasteiger partial charge in [-0.05, 0) is 95.5 Å². The van der Waals surface area contributed by atoms with Crippen LogP contribution in [0.25, 0.3) is 0 Å². The average molecular weight is 810 g/mol. The summed E-state index contributed by atoms with van der Waals surface area (Å²) in [5, 5.41) is 23.6. The number of cyclic esters (lactones) is 1. The van der Waals surface area contributed by atoms with Crippen molar-refractivity contribution in [3.63, 3.8) is 0 Å². The highest BCUT2D eigenvalue weighted by Gasteiger charge is 2.56. The SMILES string of the molecule is CC[C@@H]1/C=C(\C)C[C@H](C)C[C@H](OC)[C@H]2OC(O)(C(=O)C(=O)N3CCCC[C@H]3C(=O)O[C@H](/C(C)=C/[C@@H]3CCC(Cl)C(OC)C3)[C@H](C)[C@@H](O)CC1=O)C(C)C[C@@H]2OC. The van der Waals surface area contributed by atoms with Gasteiger partial charge in [0, 0.05) is 52.0 Å². The number of hydrogen-bond donors (Lipinski definition) is 2. The normalized spacial score (nSPS) is 41.6. The Balaban J connectivity index is 1.76. The van der Waals surface area contributed by atoms with Gasteiger partial charge in [-0.25, -0.2) is 4.79 Å². The number of methoxy groups -OCH3 is 3. The summed E-state index contributed by atoms with van der Waals surface area (Å²) in [6, 6.07) is -1.12. The monoisotopic (exact) mass is 809 g/mol. The van der Waals surface area contributed by atoms with Gasteiger partial charge in [0.15, 0.2) is 0 Å². The minimum atomic E-state index is -2.49. The lowest BCUT2D eigenvalue weighted by molar-refractivity contribution is -0.302. The fourth-order valence-electron chi connectivity index (χ4n) is 9.36. The van der Waals surface area contributed by atoms with Crippen LogP contribution < -0.4 is 0 Å². The molecule has 318 valence electrons. The molecule has 0 spiro atoms. The highest BCUT2D eigenvalue weighted by Crippen LogP contribution is 2.39. The molecule has 2 N–H and O–H groups in total. The van der Waals surface area contributed by atoms with Crippen LogP contribution in [0.5, 0.6) is 0 Å². The van der Waals surface area contributed by atoms with E-state index < -0.39 is 77.8 Å². The molecule has 0 aromatic carbocycles. The Morgan fingerprint density at radius 1 is 0.964 bits per heavy atom. The maximum atomic E-state index is 14.3. The molecule has 0 aromatic rings. The van der Waals surface area contributed by atoms with E-state index in [9.17, 15) is 29.4 Å². The van der Waals surface area contributed by atoms with Crippen molar-refractivity contribution < 1.29 is 53.1 Å². The third-order valence-corrected chi connectivity index (χ3v) is 13.3. The number of nitrogens with zero attached hydrogens (tertiary/aromatic N) is 1. The summed E-state index contributed by atoms with van der Waals surface area (Å²) in [7, 11) is 4.71. The zero-order chi connectivity index (χ0) is 41.5. The van der Waals surface area contributed by atoms with Gasteiger partial charge in [-0.2, -0.15) is 0 Å². The lowest BCUT2D eigenvalue weighted by Crippen LogP contribution is -2.64. The Morgan fingerprint density at radius 3 is 2.27 bits per heavy atom. The molecule has 56 heavy (non-hydrogen) atoms. The molecule has 1 amide bonds. The molecule has 0 radical (unpaired) electrons. The molecule has 3 heterocycles. The van der Waals surface area contributed by atoms with Crippen LogP contribution in [0.15, 0.2) is 23.3 Å². The fraction of sp³-hybridized carbons (Fsp3) is 0.814. The number of piperidine rings is 1. The maximum Gasteiger partial charge on any atom is 0.329 e. The molecule has 12 nitrogen and oxygen atoms in total. The first-order chi connectivity index (χ1) is 26.5. The van der Waals surface area contributed by atoms with Crippen molar-refractivity contribution in [3.05, 3.63) is 23.3 Å². The number of allylic oxidation sites excluding steroid dienone is 3. The number of hydrogen-bond acceptors (Lipinski definition) is 11. The number of halogens is 1. The summed E-state index contributed by atoms with van der Waals surface area (Å²) in [4.78, 5) is 57.7. The summed E-state index contributed by atoms with van der Waals surface area (Å²) >= 11 is 6.52. The Labute approximate surface area is 339 Å². The molecule has 4 rings (SSSR count).